The number of anilines is 8. The van der Waals surface area contributed by atoms with Gasteiger partial charge in [-0.15, -0.1) is 0 Å². The molecule has 4 aromatic heterocycles. The van der Waals surface area contributed by atoms with Crippen molar-refractivity contribution in [1.29, 1.82) is 0 Å². The summed E-state index contributed by atoms with van der Waals surface area (Å²) in [6.45, 7) is 0. The van der Waals surface area contributed by atoms with Crippen molar-refractivity contribution < 1.29 is 0 Å². The maximum Gasteiger partial charge on any atom is 0.156 e. The molecule has 5 heterocycles. The zero-order valence-corrected chi connectivity index (χ0v) is 17.1. The minimum Gasteiger partial charge on any atom is -0.325 e. The van der Waals surface area contributed by atoms with E-state index in [0.717, 1.165) is 0 Å². The summed E-state index contributed by atoms with van der Waals surface area (Å²) in [4.78, 5) is 33.7. The molecule has 0 amide bonds. The Balaban J connectivity index is 1.66. The monoisotopic (exact) mass is 484 g/mol. The van der Waals surface area contributed by atoms with E-state index < -0.39 is 0 Å². The highest BCUT2D eigenvalue weighted by atomic mass is 79.9. The highest BCUT2D eigenvalue weighted by Gasteiger charge is 2.16. The predicted octanol–water partition coefficient (Wildman–Crippen LogP) is 3.55. The summed E-state index contributed by atoms with van der Waals surface area (Å²) < 4.78 is 0.558. The number of hydrogen-bond donors (Lipinski definition) is 4. The third-order valence-electron chi connectivity index (χ3n) is 3.90. The molecule has 0 aromatic carbocycles. The Bertz CT molecular complexity index is 1160. The van der Waals surface area contributed by atoms with Gasteiger partial charge in [0.1, 0.15) is 58.1 Å². The summed E-state index contributed by atoms with van der Waals surface area (Å²) in [7, 11) is 0. The first-order valence-corrected chi connectivity index (χ1v) is 9.56. The molecule has 0 spiro atoms. The Kier molecular flexibility index (Phi) is 4.65. The van der Waals surface area contributed by atoms with Crippen LogP contribution in [0.3, 0.4) is 0 Å². The molecule has 4 N–H and O–H groups in total. The van der Waals surface area contributed by atoms with Crippen LogP contribution in [0.5, 0.6) is 0 Å². The molecule has 0 saturated carbocycles. The van der Waals surface area contributed by atoms with Crippen LogP contribution in [0.1, 0.15) is 0 Å². The number of hydrogen-bond acceptors (Lipinski definition) is 12. The van der Waals surface area contributed by atoms with Crippen LogP contribution in [-0.4, -0.2) is 39.9 Å². The summed E-state index contributed by atoms with van der Waals surface area (Å²) >= 11 is 9.99. The van der Waals surface area contributed by atoms with E-state index in [1.54, 1.807) is 12.1 Å². The Morgan fingerprint density at radius 3 is 1.53 bits per heavy atom. The van der Waals surface area contributed by atoms with Crippen LogP contribution in [0.15, 0.2) is 41.9 Å². The van der Waals surface area contributed by atoms with Gasteiger partial charge >= 0.3 is 0 Å². The van der Waals surface area contributed by atoms with Crippen LogP contribution < -0.4 is 21.3 Å². The number of nitrogens with one attached hydrogen (secondary N) is 4. The third kappa shape index (κ3) is 3.62. The van der Waals surface area contributed by atoms with E-state index in [4.69, 9.17) is 11.6 Å². The van der Waals surface area contributed by atoms with Crippen molar-refractivity contribution in [2.75, 3.05) is 21.3 Å². The fourth-order valence-electron chi connectivity index (χ4n) is 2.56. The Hall–Kier alpha value is -3.71. The molecule has 0 unspecified atom stereocenters. The zero-order chi connectivity index (χ0) is 20.5. The second kappa shape index (κ2) is 7.61. The molecule has 0 atom stereocenters. The lowest BCUT2D eigenvalue weighted by molar-refractivity contribution is 1.10. The van der Waals surface area contributed by atoms with Crippen LogP contribution in [0.25, 0.3) is 0 Å². The average molecular weight is 486 g/mol. The molecule has 1 aliphatic heterocycles. The zero-order valence-electron chi connectivity index (χ0n) is 14.8. The van der Waals surface area contributed by atoms with E-state index in [9.17, 15) is 0 Å². The van der Waals surface area contributed by atoms with Crippen molar-refractivity contribution in [2.24, 2.45) is 0 Å². The number of aromatic nitrogens is 8. The fourth-order valence-corrected chi connectivity index (χ4v) is 3.16. The minimum atomic E-state index is 0.256. The quantitative estimate of drug-likeness (QED) is 0.254. The van der Waals surface area contributed by atoms with Gasteiger partial charge in [0.15, 0.2) is 23.3 Å². The van der Waals surface area contributed by atoms with Crippen molar-refractivity contribution >= 4 is 74.1 Å². The van der Waals surface area contributed by atoms with Gasteiger partial charge in [-0.05, 0) is 15.9 Å². The van der Waals surface area contributed by atoms with Crippen LogP contribution in [0.4, 0.5) is 46.5 Å². The number of halogens is 2. The SMILES string of the molecule is Clc1c2ncnc1Nc1ncnc(c1Br)Nc1cc(ncn1)Nc1cc(ncn1)N2. The maximum atomic E-state index is 6.49. The Morgan fingerprint density at radius 1 is 0.533 bits per heavy atom. The normalized spacial score (nSPS) is 12.1. The first-order chi connectivity index (χ1) is 14.7. The molecule has 0 aliphatic carbocycles. The van der Waals surface area contributed by atoms with Gasteiger partial charge in [0.2, 0.25) is 0 Å². The topological polar surface area (TPSA) is 151 Å². The molecule has 148 valence electrons. The lowest BCUT2D eigenvalue weighted by atomic mass is 10.4. The average Bonchev–Trinajstić information content (AvgIpc) is 2.74. The van der Waals surface area contributed by atoms with Crippen LogP contribution >= 0.6 is 27.5 Å². The summed E-state index contributed by atoms with van der Waals surface area (Å²) in [6.07, 6.45) is 5.58. The summed E-state index contributed by atoms with van der Waals surface area (Å²) in [6, 6.07) is 3.40. The molecule has 8 bridgehead atoms. The molecule has 12 nitrogen and oxygen atoms in total. The molecule has 30 heavy (non-hydrogen) atoms. The summed E-state index contributed by atoms with van der Waals surface area (Å²) in [5.74, 6) is 3.67. The minimum absolute atomic E-state index is 0.256. The first kappa shape index (κ1) is 18.3. The highest BCUT2D eigenvalue weighted by molar-refractivity contribution is 9.10. The van der Waals surface area contributed by atoms with Crippen LogP contribution in [0.2, 0.25) is 5.02 Å². The number of fused-ring (bicyclic) bond motifs is 8. The van der Waals surface area contributed by atoms with Gasteiger partial charge in [-0.1, -0.05) is 11.6 Å². The second-order valence-corrected chi connectivity index (χ2v) is 7.02. The Morgan fingerprint density at radius 2 is 0.933 bits per heavy atom. The smallest absolute Gasteiger partial charge is 0.156 e. The molecular weight excluding hydrogens is 476 g/mol. The van der Waals surface area contributed by atoms with Gasteiger partial charge in [0, 0.05) is 12.1 Å². The van der Waals surface area contributed by atoms with Gasteiger partial charge in [0.05, 0.1) is 0 Å². The van der Waals surface area contributed by atoms with Crippen molar-refractivity contribution in [3.8, 4) is 0 Å². The lowest BCUT2D eigenvalue weighted by Crippen LogP contribution is -2.06. The first-order valence-electron chi connectivity index (χ1n) is 8.39. The molecule has 1 aliphatic rings. The van der Waals surface area contributed by atoms with E-state index in [1.165, 1.54) is 25.3 Å². The van der Waals surface area contributed by atoms with Crippen LogP contribution in [0, 0.1) is 0 Å². The van der Waals surface area contributed by atoms with E-state index in [-0.39, 0.29) is 5.02 Å². The maximum absolute atomic E-state index is 6.49. The van der Waals surface area contributed by atoms with Gasteiger partial charge in [-0.25, -0.2) is 39.9 Å². The van der Waals surface area contributed by atoms with Crippen molar-refractivity contribution in [2.45, 2.75) is 0 Å². The predicted molar refractivity (Wildman–Crippen MR) is 114 cm³/mol. The Labute approximate surface area is 182 Å². The largest absolute Gasteiger partial charge is 0.325 e. The standard InChI is InChI=1S/C16H10BrClN12/c17-11-13-23-5-24-14(11)30-16-12(18)15(25-6-26-16)29-10-2-8(20-4-22-10)27-7-1-9(28-13)21-3-19-7/h1-6H,(H4,19,20,21,22,23,24,25,26,27,28,29,30). The molecule has 0 radical (unpaired) electrons. The summed E-state index contributed by atoms with van der Waals surface area (Å²) in [5, 5.41) is 12.6. The highest BCUT2D eigenvalue weighted by Crippen LogP contribution is 2.34. The summed E-state index contributed by atoms with van der Waals surface area (Å²) in [5.41, 5.74) is 0. The molecule has 0 saturated heterocycles. The molecule has 0 fully saturated rings. The van der Waals surface area contributed by atoms with E-state index >= 15 is 0 Å². The van der Waals surface area contributed by atoms with Crippen molar-refractivity contribution in [3.05, 3.63) is 46.9 Å². The van der Waals surface area contributed by atoms with Crippen molar-refractivity contribution in [1.82, 2.24) is 39.9 Å². The van der Waals surface area contributed by atoms with Crippen molar-refractivity contribution in [3.63, 3.8) is 0 Å². The van der Waals surface area contributed by atoms with E-state index in [0.29, 0.717) is 51.0 Å². The van der Waals surface area contributed by atoms with Gasteiger partial charge in [-0.2, -0.15) is 0 Å². The van der Waals surface area contributed by atoms with E-state index in [2.05, 4.69) is 77.1 Å². The molecular formula is C16H10BrClN12. The molecule has 5 rings (SSSR count). The number of rotatable bonds is 0. The number of nitrogens with zero attached hydrogens (tertiary/aromatic N) is 8. The van der Waals surface area contributed by atoms with Gasteiger partial charge in [0.25, 0.3) is 0 Å². The second-order valence-electron chi connectivity index (χ2n) is 5.85. The van der Waals surface area contributed by atoms with E-state index in [1.807, 2.05) is 0 Å². The fraction of sp³-hybridized carbons (Fsp3) is 0. The lowest BCUT2D eigenvalue weighted by Gasteiger charge is -2.14. The molecule has 4 aromatic rings. The molecule has 14 heteroatoms. The third-order valence-corrected chi connectivity index (χ3v) is 5.01. The van der Waals surface area contributed by atoms with Gasteiger partial charge in [-0.3, -0.25) is 0 Å². The van der Waals surface area contributed by atoms with Gasteiger partial charge < -0.3 is 21.3 Å². The van der Waals surface area contributed by atoms with Crippen LogP contribution in [-0.2, 0) is 0 Å².